The number of amides is 1. The van der Waals surface area contributed by atoms with E-state index in [9.17, 15) is 9.18 Å². The highest BCUT2D eigenvalue weighted by atomic mass is 35.5. The first-order valence-corrected chi connectivity index (χ1v) is 9.16. The second-order valence-electron chi connectivity index (χ2n) is 6.52. The molecule has 0 saturated carbocycles. The van der Waals surface area contributed by atoms with Gasteiger partial charge in [0.25, 0.3) is 0 Å². The molecule has 0 N–H and O–H groups in total. The average Bonchev–Trinajstić information content (AvgIpc) is 3.03. The smallest absolute Gasteiger partial charge is 0.222 e. The predicted molar refractivity (Wildman–Crippen MR) is 106 cm³/mol. The van der Waals surface area contributed by atoms with Crippen LogP contribution in [0.3, 0.4) is 0 Å². The average molecular weight is 389 g/mol. The Morgan fingerprint density at radius 1 is 1.22 bits per heavy atom. The number of aryl methyl sites for hydroxylation is 1. The Hall–Kier alpha value is -2.53. The summed E-state index contributed by atoms with van der Waals surface area (Å²) in [4.78, 5) is 14.0. The molecular formula is C21H22ClFN2O2. The molecule has 1 amide bonds. The van der Waals surface area contributed by atoms with Gasteiger partial charge in [-0.1, -0.05) is 11.6 Å². The zero-order valence-electron chi connectivity index (χ0n) is 15.4. The summed E-state index contributed by atoms with van der Waals surface area (Å²) in [5.74, 6) is 0.251. The van der Waals surface area contributed by atoms with Gasteiger partial charge >= 0.3 is 0 Å². The molecule has 4 nitrogen and oxygen atoms in total. The second-order valence-corrected chi connectivity index (χ2v) is 6.96. The van der Waals surface area contributed by atoms with Crippen molar-refractivity contribution in [1.29, 1.82) is 0 Å². The van der Waals surface area contributed by atoms with Gasteiger partial charge in [0.2, 0.25) is 5.91 Å². The molecule has 1 heterocycles. The molecule has 0 unspecified atom stereocenters. The molecule has 3 rings (SSSR count). The Morgan fingerprint density at radius 3 is 2.81 bits per heavy atom. The molecular weight excluding hydrogens is 367 g/mol. The van der Waals surface area contributed by atoms with E-state index in [-0.39, 0.29) is 11.7 Å². The first kappa shape index (κ1) is 19.2. The Morgan fingerprint density at radius 2 is 2.04 bits per heavy atom. The van der Waals surface area contributed by atoms with Crippen LogP contribution >= 0.6 is 11.6 Å². The standard InChI is InChI=1S/C21H22ClFN2O2/c1-24(14-16-13-18(23)6-8-20(16)27-2)21(26)4-3-10-25-11-9-15-12-17(22)5-7-19(15)25/h5-9,11-13H,3-4,10,14H2,1-2H3. The highest BCUT2D eigenvalue weighted by Crippen LogP contribution is 2.22. The maximum atomic E-state index is 13.5. The van der Waals surface area contributed by atoms with Crippen molar-refractivity contribution in [3.05, 3.63) is 65.1 Å². The SMILES string of the molecule is COc1ccc(F)cc1CN(C)C(=O)CCCn1ccc2cc(Cl)ccc21. The molecule has 0 fully saturated rings. The van der Waals surface area contributed by atoms with E-state index >= 15 is 0 Å². The molecule has 0 aliphatic heterocycles. The summed E-state index contributed by atoms with van der Waals surface area (Å²) in [6.07, 6.45) is 3.14. The summed E-state index contributed by atoms with van der Waals surface area (Å²) in [7, 11) is 3.26. The summed E-state index contributed by atoms with van der Waals surface area (Å²) < 4.78 is 20.8. The molecule has 27 heavy (non-hydrogen) atoms. The van der Waals surface area contributed by atoms with E-state index in [2.05, 4.69) is 4.57 Å². The number of hydrogen-bond acceptors (Lipinski definition) is 2. The van der Waals surface area contributed by atoms with Gasteiger partial charge < -0.3 is 14.2 Å². The maximum Gasteiger partial charge on any atom is 0.222 e. The van der Waals surface area contributed by atoms with E-state index < -0.39 is 0 Å². The van der Waals surface area contributed by atoms with Crippen LogP contribution in [0.15, 0.2) is 48.7 Å². The minimum Gasteiger partial charge on any atom is -0.496 e. The maximum absolute atomic E-state index is 13.5. The van der Waals surface area contributed by atoms with Crippen molar-refractivity contribution < 1.29 is 13.9 Å². The predicted octanol–water partition coefficient (Wildman–Crippen LogP) is 4.88. The van der Waals surface area contributed by atoms with E-state index in [1.165, 1.54) is 19.2 Å². The van der Waals surface area contributed by atoms with Crippen molar-refractivity contribution in [2.75, 3.05) is 14.2 Å². The Labute approximate surface area is 163 Å². The number of rotatable bonds is 7. The number of halogens is 2. The fourth-order valence-electron chi connectivity index (χ4n) is 3.17. The van der Waals surface area contributed by atoms with E-state index in [1.807, 2.05) is 30.5 Å². The molecule has 0 radical (unpaired) electrons. The molecule has 1 aromatic heterocycles. The third-order valence-electron chi connectivity index (χ3n) is 4.60. The number of carbonyl (C=O) groups excluding carboxylic acids is 1. The van der Waals surface area contributed by atoms with Crippen molar-refractivity contribution >= 4 is 28.4 Å². The van der Waals surface area contributed by atoms with Gasteiger partial charge in [0, 0.05) is 54.2 Å². The number of methoxy groups -OCH3 is 1. The van der Waals surface area contributed by atoms with E-state index in [0.29, 0.717) is 29.3 Å². The van der Waals surface area contributed by atoms with Crippen LogP contribution in [0, 0.1) is 5.82 Å². The van der Waals surface area contributed by atoms with Crippen LogP contribution in [0.2, 0.25) is 5.02 Å². The highest BCUT2D eigenvalue weighted by Gasteiger charge is 2.13. The number of aromatic nitrogens is 1. The molecule has 142 valence electrons. The van der Waals surface area contributed by atoms with Gasteiger partial charge in [0.05, 0.1) is 7.11 Å². The lowest BCUT2D eigenvalue weighted by Crippen LogP contribution is -2.26. The van der Waals surface area contributed by atoms with Gasteiger partial charge in [-0.05, 0) is 48.9 Å². The number of carbonyl (C=O) groups is 1. The molecule has 3 aromatic rings. The van der Waals surface area contributed by atoms with Gasteiger partial charge in [-0.15, -0.1) is 0 Å². The van der Waals surface area contributed by atoms with Gasteiger partial charge in [0.1, 0.15) is 11.6 Å². The van der Waals surface area contributed by atoms with Gasteiger partial charge in [-0.25, -0.2) is 4.39 Å². The normalized spacial score (nSPS) is 11.0. The first-order valence-electron chi connectivity index (χ1n) is 8.78. The lowest BCUT2D eigenvalue weighted by Gasteiger charge is -2.19. The van der Waals surface area contributed by atoms with Gasteiger partial charge in [-0.3, -0.25) is 4.79 Å². The van der Waals surface area contributed by atoms with Crippen molar-refractivity contribution in [2.45, 2.75) is 25.9 Å². The minimum absolute atomic E-state index is 0.0146. The molecule has 0 atom stereocenters. The largest absolute Gasteiger partial charge is 0.496 e. The number of ether oxygens (including phenoxy) is 1. The van der Waals surface area contributed by atoms with Crippen LogP contribution in [0.25, 0.3) is 10.9 Å². The summed E-state index contributed by atoms with van der Waals surface area (Å²) in [5, 5.41) is 1.80. The summed E-state index contributed by atoms with van der Waals surface area (Å²) in [6.45, 7) is 1.05. The summed E-state index contributed by atoms with van der Waals surface area (Å²) >= 11 is 6.01. The van der Waals surface area contributed by atoms with Gasteiger partial charge in [0.15, 0.2) is 0 Å². The lowest BCUT2D eigenvalue weighted by molar-refractivity contribution is -0.130. The fraction of sp³-hybridized carbons (Fsp3) is 0.286. The first-order chi connectivity index (χ1) is 13.0. The van der Waals surface area contributed by atoms with Crippen molar-refractivity contribution in [3.8, 4) is 5.75 Å². The number of fused-ring (bicyclic) bond motifs is 1. The van der Waals surface area contributed by atoms with E-state index in [1.54, 1.807) is 18.0 Å². The Balaban J connectivity index is 1.56. The van der Waals surface area contributed by atoms with Crippen LogP contribution in [0.4, 0.5) is 4.39 Å². The molecule has 0 aliphatic rings. The molecule has 0 spiro atoms. The molecule has 6 heteroatoms. The number of nitrogens with zero attached hydrogens (tertiary/aromatic N) is 2. The van der Waals surface area contributed by atoms with Crippen molar-refractivity contribution in [3.63, 3.8) is 0 Å². The zero-order valence-corrected chi connectivity index (χ0v) is 16.2. The highest BCUT2D eigenvalue weighted by molar-refractivity contribution is 6.31. The second kappa shape index (κ2) is 8.44. The molecule has 2 aromatic carbocycles. The quantitative estimate of drug-likeness (QED) is 0.578. The molecule has 0 aliphatic carbocycles. The van der Waals surface area contributed by atoms with Gasteiger partial charge in [-0.2, -0.15) is 0 Å². The summed E-state index contributed by atoms with van der Waals surface area (Å²) in [5.41, 5.74) is 1.76. The lowest BCUT2D eigenvalue weighted by atomic mass is 10.1. The molecule has 0 saturated heterocycles. The summed E-state index contributed by atoms with van der Waals surface area (Å²) in [6, 6.07) is 12.1. The number of benzene rings is 2. The van der Waals surface area contributed by atoms with E-state index in [0.717, 1.165) is 23.9 Å². The minimum atomic E-state index is -0.341. The number of hydrogen-bond donors (Lipinski definition) is 0. The third-order valence-corrected chi connectivity index (χ3v) is 4.83. The topological polar surface area (TPSA) is 34.5 Å². The van der Waals surface area contributed by atoms with Crippen LogP contribution in [0.5, 0.6) is 5.75 Å². The third kappa shape index (κ3) is 4.61. The van der Waals surface area contributed by atoms with Crippen molar-refractivity contribution in [2.24, 2.45) is 0 Å². The van der Waals surface area contributed by atoms with Crippen LogP contribution in [-0.2, 0) is 17.9 Å². The Bertz CT molecular complexity index is 955. The monoisotopic (exact) mass is 388 g/mol. The van der Waals surface area contributed by atoms with Crippen LogP contribution < -0.4 is 4.74 Å². The van der Waals surface area contributed by atoms with E-state index in [4.69, 9.17) is 16.3 Å². The van der Waals surface area contributed by atoms with Crippen LogP contribution in [0.1, 0.15) is 18.4 Å². The Kier molecular flexibility index (Phi) is 6.01. The fourth-order valence-corrected chi connectivity index (χ4v) is 3.35. The van der Waals surface area contributed by atoms with Crippen LogP contribution in [-0.4, -0.2) is 29.5 Å². The zero-order chi connectivity index (χ0) is 19.4. The van der Waals surface area contributed by atoms with Crippen molar-refractivity contribution in [1.82, 2.24) is 9.47 Å². The molecule has 0 bridgehead atoms.